The molecule has 2 N–H and O–H groups in total. The van der Waals surface area contributed by atoms with Gasteiger partial charge in [0.1, 0.15) is 0 Å². The van der Waals surface area contributed by atoms with Crippen LogP contribution in [0.2, 0.25) is 0 Å². The van der Waals surface area contributed by atoms with Gasteiger partial charge in [-0.05, 0) is 41.7 Å². The van der Waals surface area contributed by atoms with Gasteiger partial charge in [-0.1, -0.05) is 54.6 Å². The molecule has 2 heterocycles. The molecule has 142 valence electrons. The van der Waals surface area contributed by atoms with Crippen LogP contribution in [0.25, 0.3) is 0 Å². The number of pyridine rings is 1. The van der Waals surface area contributed by atoms with Crippen molar-refractivity contribution in [3.05, 3.63) is 95.8 Å². The molecule has 4 heteroatoms. The average Bonchev–Trinajstić information content (AvgIpc) is 2.73. The molecular weight excluding hydrogens is 346 g/mol. The number of hydrogen-bond donors (Lipinski definition) is 2. The first-order valence-electron chi connectivity index (χ1n) is 9.83. The van der Waals surface area contributed by atoms with E-state index < -0.39 is 0 Å². The zero-order valence-electron chi connectivity index (χ0n) is 15.8. The minimum atomic E-state index is 0.0948. The van der Waals surface area contributed by atoms with E-state index in [1.165, 1.54) is 16.7 Å². The topological polar surface area (TPSA) is 54.0 Å². The molecule has 1 aliphatic heterocycles. The Bertz CT molecular complexity index is 870. The van der Waals surface area contributed by atoms with E-state index in [1.54, 1.807) is 6.20 Å². The van der Waals surface area contributed by atoms with Gasteiger partial charge in [-0.25, -0.2) is 0 Å². The first-order chi connectivity index (χ1) is 13.8. The molecule has 0 saturated carbocycles. The van der Waals surface area contributed by atoms with Gasteiger partial charge in [0.15, 0.2) is 0 Å². The Kier molecular flexibility index (Phi) is 5.78. The summed E-state index contributed by atoms with van der Waals surface area (Å²) in [5, 5.41) is 6.72. The normalized spacial score (nSPS) is 16.9. The van der Waals surface area contributed by atoms with Crippen molar-refractivity contribution in [2.45, 2.75) is 31.2 Å². The fraction of sp³-hybridized carbons (Fsp3) is 0.250. The van der Waals surface area contributed by atoms with Gasteiger partial charge in [-0.15, -0.1) is 0 Å². The molecule has 1 amide bonds. The second-order valence-electron chi connectivity index (χ2n) is 7.40. The van der Waals surface area contributed by atoms with Gasteiger partial charge >= 0.3 is 0 Å². The molecule has 1 aromatic heterocycles. The van der Waals surface area contributed by atoms with Crippen LogP contribution in [-0.4, -0.2) is 23.5 Å². The number of amides is 1. The summed E-state index contributed by atoms with van der Waals surface area (Å²) < 4.78 is 0. The predicted molar refractivity (Wildman–Crippen MR) is 112 cm³/mol. The van der Waals surface area contributed by atoms with Gasteiger partial charge in [0.25, 0.3) is 0 Å². The van der Waals surface area contributed by atoms with Crippen LogP contribution in [-0.2, 0) is 17.6 Å². The number of aromatic nitrogens is 1. The maximum absolute atomic E-state index is 12.1. The highest BCUT2D eigenvalue weighted by molar-refractivity contribution is 5.94. The van der Waals surface area contributed by atoms with E-state index in [1.807, 2.05) is 36.5 Å². The number of nitrogens with zero attached hydrogens (tertiary/aromatic N) is 1. The molecule has 0 radical (unpaired) electrons. The summed E-state index contributed by atoms with van der Waals surface area (Å²) in [6.45, 7) is 0.780. The van der Waals surface area contributed by atoms with Crippen molar-refractivity contribution in [3.8, 4) is 0 Å². The minimum absolute atomic E-state index is 0.0948. The Balaban J connectivity index is 1.48. The van der Waals surface area contributed by atoms with Crippen molar-refractivity contribution >= 4 is 11.6 Å². The number of nitrogens with one attached hydrogen (secondary N) is 2. The molecule has 0 fully saturated rings. The number of fused-ring (bicyclic) bond motifs is 1. The largest absolute Gasteiger partial charge is 0.326 e. The maximum atomic E-state index is 12.1. The lowest BCUT2D eigenvalue weighted by Gasteiger charge is -2.28. The van der Waals surface area contributed by atoms with Gasteiger partial charge in [0, 0.05) is 43.0 Å². The molecule has 2 unspecified atom stereocenters. The standard InChI is InChI=1S/C24H25N3O/c28-24-15-20(22-10-4-5-11-23(22)27-24)17-26-21(13-18-7-2-1-3-8-18)14-19-9-6-12-25-16-19/h1-12,16,20-21,26H,13-15,17H2,(H,27,28). The van der Waals surface area contributed by atoms with E-state index in [0.717, 1.165) is 25.1 Å². The zero-order chi connectivity index (χ0) is 19.2. The van der Waals surface area contributed by atoms with Crippen molar-refractivity contribution < 1.29 is 4.79 Å². The molecule has 2 aromatic carbocycles. The molecule has 4 rings (SSSR count). The maximum Gasteiger partial charge on any atom is 0.225 e. The third-order valence-corrected chi connectivity index (χ3v) is 5.29. The van der Waals surface area contributed by atoms with E-state index in [9.17, 15) is 4.79 Å². The average molecular weight is 371 g/mol. The lowest BCUT2D eigenvalue weighted by Crippen LogP contribution is -2.38. The van der Waals surface area contributed by atoms with E-state index in [-0.39, 0.29) is 17.9 Å². The number of carbonyl (C=O) groups is 1. The van der Waals surface area contributed by atoms with Crippen LogP contribution >= 0.6 is 0 Å². The number of rotatable bonds is 7. The lowest BCUT2D eigenvalue weighted by atomic mass is 9.90. The summed E-state index contributed by atoms with van der Waals surface area (Å²) in [6.07, 6.45) is 6.11. The third-order valence-electron chi connectivity index (χ3n) is 5.29. The summed E-state index contributed by atoms with van der Waals surface area (Å²) >= 11 is 0. The Morgan fingerprint density at radius 2 is 1.71 bits per heavy atom. The summed E-state index contributed by atoms with van der Waals surface area (Å²) in [5.74, 6) is 0.287. The van der Waals surface area contributed by atoms with Crippen molar-refractivity contribution in [2.24, 2.45) is 0 Å². The molecule has 0 bridgehead atoms. The van der Waals surface area contributed by atoms with Crippen LogP contribution in [0.5, 0.6) is 0 Å². The summed E-state index contributed by atoms with van der Waals surface area (Å²) in [6, 6.07) is 23.0. The SMILES string of the molecule is O=C1CC(CNC(Cc2ccccc2)Cc2cccnc2)c2ccccc2N1. The smallest absolute Gasteiger partial charge is 0.225 e. The molecule has 3 aromatic rings. The number of anilines is 1. The van der Waals surface area contributed by atoms with Gasteiger partial charge < -0.3 is 10.6 Å². The van der Waals surface area contributed by atoms with Gasteiger partial charge in [0.05, 0.1) is 0 Å². The van der Waals surface area contributed by atoms with Crippen molar-refractivity contribution in [1.82, 2.24) is 10.3 Å². The van der Waals surface area contributed by atoms with E-state index >= 15 is 0 Å². The Hall–Kier alpha value is -2.98. The van der Waals surface area contributed by atoms with Crippen molar-refractivity contribution in [1.29, 1.82) is 0 Å². The van der Waals surface area contributed by atoms with Crippen LogP contribution in [0, 0.1) is 0 Å². The van der Waals surface area contributed by atoms with Gasteiger partial charge in [0.2, 0.25) is 5.91 Å². The first-order valence-corrected chi connectivity index (χ1v) is 9.83. The fourth-order valence-electron chi connectivity index (χ4n) is 3.91. The second kappa shape index (κ2) is 8.81. The molecule has 0 saturated heterocycles. The molecule has 2 atom stereocenters. The molecule has 0 aliphatic carbocycles. The van der Waals surface area contributed by atoms with Crippen molar-refractivity contribution in [2.75, 3.05) is 11.9 Å². The summed E-state index contributed by atoms with van der Waals surface area (Å²) in [4.78, 5) is 16.4. The van der Waals surface area contributed by atoms with Crippen LogP contribution in [0.15, 0.2) is 79.1 Å². The zero-order valence-corrected chi connectivity index (χ0v) is 15.8. The highest BCUT2D eigenvalue weighted by Crippen LogP contribution is 2.31. The summed E-state index contributed by atoms with van der Waals surface area (Å²) in [7, 11) is 0. The first kappa shape index (κ1) is 18.4. The molecule has 28 heavy (non-hydrogen) atoms. The highest BCUT2D eigenvalue weighted by atomic mass is 16.1. The predicted octanol–water partition coefficient (Wildman–Crippen LogP) is 3.95. The minimum Gasteiger partial charge on any atom is -0.326 e. The van der Waals surface area contributed by atoms with Crippen LogP contribution < -0.4 is 10.6 Å². The molecule has 1 aliphatic rings. The summed E-state index contributed by atoms with van der Waals surface area (Å²) in [5.41, 5.74) is 4.69. The van der Waals surface area contributed by atoms with Crippen LogP contribution in [0.1, 0.15) is 29.0 Å². The number of carbonyl (C=O) groups excluding carboxylic acids is 1. The Labute approximate surface area is 166 Å². The molecular formula is C24H25N3O. The number of para-hydroxylation sites is 1. The molecule has 0 spiro atoms. The van der Waals surface area contributed by atoms with Crippen LogP contribution in [0.3, 0.4) is 0 Å². The van der Waals surface area contributed by atoms with E-state index in [2.05, 4.69) is 52.0 Å². The monoisotopic (exact) mass is 371 g/mol. The highest BCUT2D eigenvalue weighted by Gasteiger charge is 2.25. The number of benzene rings is 2. The van der Waals surface area contributed by atoms with Crippen LogP contribution in [0.4, 0.5) is 5.69 Å². The lowest BCUT2D eigenvalue weighted by molar-refractivity contribution is -0.116. The quantitative estimate of drug-likeness (QED) is 0.661. The van der Waals surface area contributed by atoms with Gasteiger partial charge in [-0.2, -0.15) is 0 Å². The van der Waals surface area contributed by atoms with Crippen molar-refractivity contribution in [3.63, 3.8) is 0 Å². The Morgan fingerprint density at radius 1 is 0.964 bits per heavy atom. The second-order valence-corrected chi connectivity index (χ2v) is 7.40. The van der Waals surface area contributed by atoms with E-state index in [4.69, 9.17) is 0 Å². The third kappa shape index (κ3) is 4.65. The Morgan fingerprint density at radius 3 is 2.54 bits per heavy atom. The van der Waals surface area contributed by atoms with E-state index in [0.29, 0.717) is 6.42 Å². The number of hydrogen-bond acceptors (Lipinski definition) is 3. The fourth-order valence-corrected chi connectivity index (χ4v) is 3.91. The molecule has 4 nitrogen and oxygen atoms in total. The van der Waals surface area contributed by atoms with Gasteiger partial charge in [-0.3, -0.25) is 9.78 Å².